The van der Waals surface area contributed by atoms with Crippen LogP contribution in [0.15, 0.2) is 12.4 Å². The molecule has 5 nitrogen and oxygen atoms in total. The highest BCUT2D eigenvalue weighted by molar-refractivity contribution is 5.80. The van der Waals surface area contributed by atoms with Crippen molar-refractivity contribution in [2.24, 2.45) is 0 Å². The van der Waals surface area contributed by atoms with Crippen LogP contribution in [-0.4, -0.2) is 35.1 Å². The molecule has 1 aliphatic carbocycles. The zero-order chi connectivity index (χ0) is 13.1. The fourth-order valence-corrected chi connectivity index (χ4v) is 2.27. The van der Waals surface area contributed by atoms with Gasteiger partial charge in [0.2, 0.25) is 5.91 Å². The Morgan fingerprint density at radius 2 is 2.11 bits per heavy atom. The molecule has 1 aromatic heterocycles. The molecular formula is C14H19N3O2. The van der Waals surface area contributed by atoms with Crippen LogP contribution in [0, 0.1) is 0 Å². The second kappa shape index (κ2) is 5.65. The summed E-state index contributed by atoms with van der Waals surface area (Å²) in [4.78, 5) is 20.5. The Kier molecular flexibility index (Phi) is 3.73. The lowest BCUT2D eigenvalue weighted by Gasteiger charge is -2.10. The minimum atomic E-state index is -0.242. The molecule has 0 bridgehead atoms. The average molecular weight is 261 g/mol. The van der Waals surface area contributed by atoms with Gasteiger partial charge in [-0.3, -0.25) is 4.79 Å². The first kappa shape index (κ1) is 12.5. The maximum Gasteiger partial charge on any atom is 0.249 e. The quantitative estimate of drug-likeness (QED) is 0.864. The highest BCUT2D eigenvalue weighted by Gasteiger charge is 2.26. The lowest BCUT2D eigenvalue weighted by Crippen LogP contribution is -2.35. The molecule has 1 unspecified atom stereocenters. The number of hydrogen-bond acceptors (Lipinski definition) is 4. The van der Waals surface area contributed by atoms with Gasteiger partial charge in [0.05, 0.1) is 0 Å². The van der Waals surface area contributed by atoms with Gasteiger partial charge in [0.1, 0.15) is 11.9 Å². The zero-order valence-corrected chi connectivity index (χ0v) is 11.0. The third-order valence-electron chi connectivity index (χ3n) is 3.60. The van der Waals surface area contributed by atoms with Crippen LogP contribution < -0.4 is 5.32 Å². The molecule has 1 atom stereocenters. The van der Waals surface area contributed by atoms with Gasteiger partial charge in [-0.25, -0.2) is 9.97 Å². The summed E-state index contributed by atoms with van der Waals surface area (Å²) in [7, 11) is 0. The Morgan fingerprint density at radius 1 is 1.32 bits per heavy atom. The molecule has 2 aliphatic rings. The molecule has 0 aromatic carbocycles. The third kappa shape index (κ3) is 3.29. The van der Waals surface area contributed by atoms with Crippen LogP contribution >= 0.6 is 0 Å². The van der Waals surface area contributed by atoms with Gasteiger partial charge in [0.25, 0.3) is 0 Å². The molecule has 19 heavy (non-hydrogen) atoms. The molecular weight excluding hydrogens is 242 g/mol. The highest BCUT2D eigenvalue weighted by Crippen LogP contribution is 2.37. The Labute approximate surface area is 112 Å². The van der Waals surface area contributed by atoms with Crippen molar-refractivity contribution in [3.8, 4) is 0 Å². The highest BCUT2D eigenvalue weighted by atomic mass is 16.5. The van der Waals surface area contributed by atoms with Crippen molar-refractivity contribution < 1.29 is 9.53 Å². The third-order valence-corrected chi connectivity index (χ3v) is 3.60. The molecule has 1 saturated heterocycles. The molecule has 0 spiro atoms. The number of ether oxygens (including phenoxy) is 1. The first-order valence-electron chi connectivity index (χ1n) is 7.03. The smallest absolute Gasteiger partial charge is 0.249 e. The summed E-state index contributed by atoms with van der Waals surface area (Å²) in [5.74, 6) is 1.56. The normalized spacial score (nSPS) is 22.4. The van der Waals surface area contributed by atoms with Crippen LogP contribution in [0.2, 0.25) is 0 Å². The summed E-state index contributed by atoms with van der Waals surface area (Å²) < 4.78 is 5.33. The number of aromatic nitrogens is 2. The van der Waals surface area contributed by atoms with E-state index >= 15 is 0 Å². The number of amides is 1. The molecule has 3 rings (SSSR count). The van der Waals surface area contributed by atoms with Crippen molar-refractivity contribution in [1.29, 1.82) is 0 Å². The van der Waals surface area contributed by atoms with E-state index in [1.807, 2.05) is 12.4 Å². The van der Waals surface area contributed by atoms with Gasteiger partial charge < -0.3 is 10.1 Å². The van der Waals surface area contributed by atoms with Gasteiger partial charge >= 0.3 is 0 Å². The SMILES string of the molecule is O=C(NCCc1cnc(C2CC2)nc1)C1CCCO1. The van der Waals surface area contributed by atoms with Crippen LogP contribution in [0.25, 0.3) is 0 Å². The van der Waals surface area contributed by atoms with E-state index in [2.05, 4.69) is 15.3 Å². The molecule has 1 aromatic rings. The number of nitrogens with zero attached hydrogens (tertiary/aromatic N) is 2. The summed E-state index contributed by atoms with van der Waals surface area (Å²) in [5.41, 5.74) is 1.07. The van der Waals surface area contributed by atoms with Crippen LogP contribution in [0.5, 0.6) is 0 Å². The lowest BCUT2D eigenvalue weighted by molar-refractivity contribution is -0.129. The monoisotopic (exact) mass is 261 g/mol. The number of rotatable bonds is 5. The first-order valence-corrected chi connectivity index (χ1v) is 7.03. The number of carbonyl (C=O) groups excluding carboxylic acids is 1. The molecule has 5 heteroatoms. The van der Waals surface area contributed by atoms with Gasteiger partial charge in [-0.2, -0.15) is 0 Å². The van der Waals surface area contributed by atoms with E-state index in [0.717, 1.165) is 30.7 Å². The molecule has 1 N–H and O–H groups in total. The second-order valence-corrected chi connectivity index (χ2v) is 5.27. The molecule has 1 saturated carbocycles. The van der Waals surface area contributed by atoms with Crippen molar-refractivity contribution in [2.45, 2.75) is 44.1 Å². The Hall–Kier alpha value is -1.49. The molecule has 2 fully saturated rings. The van der Waals surface area contributed by atoms with Crippen molar-refractivity contribution >= 4 is 5.91 Å². The van der Waals surface area contributed by atoms with Gasteiger partial charge in [0.15, 0.2) is 0 Å². The zero-order valence-electron chi connectivity index (χ0n) is 11.0. The van der Waals surface area contributed by atoms with Crippen LogP contribution in [0.4, 0.5) is 0 Å². The van der Waals surface area contributed by atoms with Crippen molar-refractivity contribution in [3.63, 3.8) is 0 Å². The first-order chi connectivity index (χ1) is 9.33. The maximum absolute atomic E-state index is 11.7. The summed E-state index contributed by atoms with van der Waals surface area (Å²) in [6.45, 7) is 1.32. The second-order valence-electron chi connectivity index (χ2n) is 5.27. The van der Waals surface area contributed by atoms with Crippen molar-refractivity contribution in [2.75, 3.05) is 13.2 Å². The standard InChI is InChI=1S/C14H19N3O2/c18-14(12-2-1-7-19-12)15-6-5-10-8-16-13(17-9-10)11-3-4-11/h8-9,11-12H,1-7H2,(H,15,18). The lowest BCUT2D eigenvalue weighted by atomic mass is 10.2. The van der Waals surface area contributed by atoms with Crippen LogP contribution in [0.1, 0.15) is 43.0 Å². The predicted molar refractivity (Wildman–Crippen MR) is 69.7 cm³/mol. The maximum atomic E-state index is 11.7. The van der Waals surface area contributed by atoms with Crippen molar-refractivity contribution in [3.05, 3.63) is 23.8 Å². The van der Waals surface area contributed by atoms with Crippen LogP contribution in [0.3, 0.4) is 0 Å². The Morgan fingerprint density at radius 3 is 2.74 bits per heavy atom. The predicted octanol–water partition coefficient (Wildman–Crippen LogP) is 1.19. The minimum absolute atomic E-state index is 0.00742. The van der Waals surface area contributed by atoms with E-state index < -0.39 is 0 Å². The molecule has 102 valence electrons. The Bertz CT molecular complexity index is 437. The summed E-state index contributed by atoms with van der Waals surface area (Å²) in [5, 5.41) is 2.90. The van der Waals surface area contributed by atoms with E-state index in [1.165, 1.54) is 12.8 Å². The van der Waals surface area contributed by atoms with Gasteiger partial charge in [-0.1, -0.05) is 0 Å². The van der Waals surface area contributed by atoms with Crippen LogP contribution in [-0.2, 0) is 16.0 Å². The Balaban J connectivity index is 1.42. The van der Waals surface area contributed by atoms with Crippen molar-refractivity contribution in [1.82, 2.24) is 15.3 Å². The van der Waals surface area contributed by atoms with Gasteiger partial charge in [-0.15, -0.1) is 0 Å². The fraction of sp³-hybridized carbons (Fsp3) is 0.643. The molecule has 1 amide bonds. The largest absolute Gasteiger partial charge is 0.368 e. The molecule has 2 heterocycles. The van der Waals surface area contributed by atoms with E-state index in [1.54, 1.807) is 0 Å². The summed E-state index contributed by atoms with van der Waals surface area (Å²) >= 11 is 0. The summed E-state index contributed by atoms with van der Waals surface area (Å²) in [6.07, 6.45) is 8.53. The number of nitrogens with one attached hydrogen (secondary N) is 1. The average Bonchev–Trinajstić information content (AvgIpc) is 3.14. The van der Waals surface area contributed by atoms with E-state index in [4.69, 9.17) is 4.74 Å². The van der Waals surface area contributed by atoms with E-state index in [0.29, 0.717) is 19.1 Å². The summed E-state index contributed by atoms with van der Waals surface area (Å²) in [6, 6.07) is 0. The minimum Gasteiger partial charge on any atom is -0.368 e. The number of hydrogen-bond donors (Lipinski definition) is 1. The topological polar surface area (TPSA) is 64.1 Å². The van der Waals surface area contributed by atoms with E-state index in [-0.39, 0.29) is 12.0 Å². The van der Waals surface area contributed by atoms with Gasteiger partial charge in [0, 0.05) is 31.5 Å². The molecule has 0 radical (unpaired) electrons. The van der Waals surface area contributed by atoms with E-state index in [9.17, 15) is 4.79 Å². The van der Waals surface area contributed by atoms with Gasteiger partial charge in [-0.05, 0) is 37.7 Å². The fourth-order valence-electron chi connectivity index (χ4n) is 2.27. The number of carbonyl (C=O) groups is 1. The molecule has 1 aliphatic heterocycles.